The monoisotopic (exact) mass is 333 g/mol. The lowest BCUT2D eigenvalue weighted by Crippen LogP contribution is -2.44. The molecule has 2 amide bonds. The molecule has 1 unspecified atom stereocenters. The van der Waals surface area contributed by atoms with Crippen LogP contribution >= 0.6 is 0 Å². The maximum atomic E-state index is 12.3. The molecule has 0 aromatic heterocycles. The Hall–Kier alpha value is -2.30. The highest BCUT2D eigenvalue weighted by molar-refractivity contribution is 6.22. The van der Waals surface area contributed by atoms with Crippen LogP contribution in [0.25, 0.3) is 0 Å². The first kappa shape index (κ1) is 21.7. The zero-order chi connectivity index (χ0) is 17.6. The first-order valence-electron chi connectivity index (χ1n) is 7.96. The molecule has 1 aliphatic rings. The van der Waals surface area contributed by atoms with Gasteiger partial charge in [-0.15, -0.1) is 0 Å². The van der Waals surface area contributed by atoms with Gasteiger partial charge in [0.05, 0.1) is 17.2 Å². The van der Waals surface area contributed by atoms with E-state index >= 15 is 0 Å². The highest BCUT2D eigenvalue weighted by atomic mass is 16.2. The lowest BCUT2D eigenvalue weighted by atomic mass is 10.0. The van der Waals surface area contributed by atoms with Gasteiger partial charge in [0.15, 0.2) is 5.78 Å². The molecule has 1 aromatic rings. The zero-order valence-electron chi connectivity index (χ0n) is 14.1. The molecule has 0 saturated carbocycles. The summed E-state index contributed by atoms with van der Waals surface area (Å²) in [5.41, 5.74) is 0.631. The summed E-state index contributed by atoms with van der Waals surface area (Å²) >= 11 is 0. The molecule has 0 bridgehead atoms. The number of hydrogen-bond acceptors (Lipinski definition) is 4. The van der Waals surface area contributed by atoms with Crippen LogP contribution in [0.15, 0.2) is 24.3 Å². The van der Waals surface area contributed by atoms with E-state index in [4.69, 9.17) is 0 Å². The van der Waals surface area contributed by atoms with Crippen molar-refractivity contribution in [2.75, 3.05) is 0 Å². The van der Waals surface area contributed by atoms with E-state index in [0.717, 1.165) is 4.90 Å². The van der Waals surface area contributed by atoms with Gasteiger partial charge in [0.2, 0.25) is 0 Å². The summed E-state index contributed by atoms with van der Waals surface area (Å²) in [5, 5.41) is 0. The minimum atomic E-state index is -0.868. The molecule has 5 nitrogen and oxygen atoms in total. The van der Waals surface area contributed by atoms with Gasteiger partial charge in [0, 0.05) is 12.8 Å². The molecule has 1 heterocycles. The van der Waals surface area contributed by atoms with Gasteiger partial charge in [-0.2, -0.15) is 0 Å². The third-order valence-corrected chi connectivity index (χ3v) is 3.70. The van der Waals surface area contributed by atoms with Gasteiger partial charge in [-0.25, -0.2) is 0 Å². The van der Waals surface area contributed by atoms with Crippen LogP contribution in [0, 0.1) is 0 Å². The lowest BCUT2D eigenvalue weighted by molar-refractivity contribution is -0.122. The second-order valence-electron chi connectivity index (χ2n) is 5.08. The molecule has 0 radical (unpaired) electrons. The molecule has 132 valence electrons. The Morgan fingerprint density at radius 2 is 1.50 bits per heavy atom. The molecule has 0 spiro atoms. The van der Waals surface area contributed by atoms with Crippen molar-refractivity contribution in [1.29, 1.82) is 0 Å². The van der Waals surface area contributed by atoms with Gasteiger partial charge >= 0.3 is 0 Å². The van der Waals surface area contributed by atoms with Crippen LogP contribution in [-0.4, -0.2) is 34.3 Å². The highest BCUT2D eigenvalue weighted by Gasteiger charge is 2.41. The molecule has 0 N–H and O–H groups in total. The van der Waals surface area contributed by atoms with Gasteiger partial charge in [0.25, 0.3) is 11.8 Å². The summed E-state index contributed by atoms with van der Waals surface area (Å²) in [5.74, 6) is -1.19. The minimum Gasteiger partial charge on any atom is -0.300 e. The average Bonchev–Trinajstić information content (AvgIpc) is 2.82. The molecule has 1 aromatic carbocycles. The van der Waals surface area contributed by atoms with E-state index in [1.54, 1.807) is 31.2 Å². The van der Waals surface area contributed by atoms with Crippen molar-refractivity contribution >= 4 is 23.4 Å². The Morgan fingerprint density at radius 3 is 1.88 bits per heavy atom. The van der Waals surface area contributed by atoms with Crippen molar-refractivity contribution < 1.29 is 19.2 Å². The van der Waals surface area contributed by atoms with Crippen LogP contribution < -0.4 is 0 Å². The fourth-order valence-corrected chi connectivity index (χ4v) is 2.48. The number of Topliss-reactive ketones (excluding diaryl/α,β-unsaturated/α-hetero) is 2. The number of hydrogen-bond donors (Lipinski definition) is 0. The number of rotatable bonds is 6. The molecule has 1 aliphatic heterocycles. The van der Waals surface area contributed by atoms with Crippen molar-refractivity contribution in [3.05, 3.63) is 35.4 Å². The van der Waals surface area contributed by atoms with Crippen LogP contribution in [0.4, 0.5) is 0 Å². The zero-order valence-corrected chi connectivity index (χ0v) is 14.1. The molecular weight excluding hydrogens is 306 g/mol. The van der Waals surface area contributed by atoms with E-state index in [-0.39, 0.29) is 31.8 Å². The van der Waals surface area contributed by atoms with Crippen LogP contribution in [0.3, 0.4) is 0 Å². The first-order valence-corrected chi connectivity index (χ1v) is 7.96. The number of ketones is 2. The summed E-state index contributed by atoms with van der Waals surface area (Å²) in [6, 6.07) is 5.63. The molecule has 2 rings (SSSR count). The topological polar surface area (TPSA) is 71.5 Å². The molecular formula is C19H27NO4. The van der Waals surface area contributed by atoms with Crippen LogP contribution in [0.2, 0.25) is 0 Å². The number of nitrogens with zero attached hydrogens (tertiary/aromatic N) is 1. The van der Waals surface area contributed by atoms with Crippen LogP contribution in [-0.2, 0) is 9.59 Å². The number of imide groups is 1. The Bertz CT molecular complexity index is 587. The Morgan fingerprint density at radius 1 is 1.04 bits per heavy atom. The molecule has 0 fully saturated rings. The number of fused-ring (bicyclic) bond motifs is 1. The fraction of sp³-hybridized carbons (Fsp3) is 0.474. The summed E-state index contributed by atoms with van der Waals surface area (Å²) in [6.07, 6.45) is 0.758. The van der Waals surface area contributed by atoms with Crippen LogP contribution in [0.5, 0.6) is 0 Å². The summed E-state index contributed by atoms with van der Waals surface area (Å²) in [7, 11) is 0. The van der Waals surface area contributed by atoms with Crippen molar-refractivity contribution in [1.82, 2.24) is 4.90 Å². The third-order valence-electron chi connectivity index (χ3n) is 3.70. The van der Waals surface area contributed by atoms with E-state index in [1.165, 1.54) is 6.92 Å². The smallest absolute Gasteiger partial charge is 0.262 e. The van der Waals surface area contributed by atoms with Gasteiger partial charge in [-0.1, -0.05) is 40.3 Å². The van der Waals surface area contributed by atoms with Gasteiger partial charge in [-0.3, -0.25) is 24.1 Å². The summed E-state index contributed by atoms with van der Waals surface area (Å²) < 4.78 is 0. The molecule has 1 atom stereocenters. The van der Waals surface area contributed by atoms with Crippen molar-refractivity contribution in [3.63, 3.8) is 0 Å². The normalized spacial score (nSPS) is 13.4. The number of benzene rings is 1. The molecule has 0 aliphatic carbocycles. The summed E-state index contributed by atoms with van der Waals surface area (Å²) in [4.78, 5) is 48.9. The Balaban J connectivity index is 0.00000170. The number of carbonyl (C=O) groups excluding carboxylic acids is 4. The van der Waals surface area contributed by atoms with Crippen molar-refractivity contribution in [2.45, 2.75) is 60.4 Å². The maximum Gasteiger partial charge on any atom is 0.262 e. The Labute approximate surface area is 144 Å². The quantitative estimate of drug-likeness (QED) is 0.745. The van der Waals surface area contributed by atoms with Gasteiger partial charge in [0.1, 0.15) is 5.78 Å². The number of carbonyl (C=O) groups is 4. The Kier molecular flexibility index (Phi) is 8.82. The van der Waals surface area contributed by atoms with Gasteiger partial charge in [-0.05, 0) is 25.5 Å². The van der Waals surface area contributed by atoms with E-state index in [2.05, 4.69) is 0 Å². The lowest BCUT2D eigenvalue weighted by Gasteiger charge is -2.23. The van der Waals surface area contributed by atoms with E-state index in [1.807, 2.05) is 13.8 Å². The fourth-order valence-electron chi connectivity index (χ4n) is 2.48. The van der Waals surface area contributed by atoms with Gasteiger partial charge < -0.3 is 0 Å². The first-order chi connectivity index (χ1) is 11.0. The SMILES string of the molecule is C.CC.CCC(=O)CCC(C(C)=O)N1C(=O)c2ccccc2C1=O. The predicted octanol–water partition coefficient (Wildman–Crippen LogP) is 3.66. The van der Waals surface area contributed by atoms with Crippen LogP contribution in [0.1, 0.15) is 75.1 Å². The summed E-state index contributed by atoms with van der Waals surface area (Å²) in [6.45, 7) is 7.08. The maximum absolute atomic E-state index is 12.3. The largest absolute Gasteiger partial charge is 0.300 e. The van der Waals surface area contributed by atoms with E-state index in [0.29, 0.717) is 17.5 Å². The third kappa shape index (κ3) is 4.37. The molecule has 5 heteroatoms. The minimum absolute atomic E-state index is 0. The second-order valence-corrected chi connectivity index (χ2v) is 5.08. The predicted molar refractivity (Wildman–Crippen MR) is 94.0 cm³/mol. The highest BCUT2D eigenvalue weighted by Crippen LogP contribution is 2.26. The van der Waals surface area contributed by atoms with E-state index in [9.17, 15) is 19.2 Å². The molecule has 0 saturated heterocycles. The van der Waals surface area contributed by atoms with Crippen molar-refractivity contribution in [2.24, 2.45) is 0 Å². The van der Waals surface area contributed by atoms with E-state index < -0.39 is 17.9 Å². The average molecular weight is 333 g/mol. The molecule has 24 heavy (non-hydrogen) atoms. The van der Waals surface area contributed by atoms with Crippen molar-refractivity contribution in [3.8, 4) is 0 Å². The number of amides is 2. The second kappa shape index (κ2) is 9.75. The standard InChI is InChI=1S/C16H17NO4.C2H6.CH4/c1-3-11(19)8-9-14(10(2)18)17-15(20)12-6-4-5-7-13(12)16(17)21;1-2;/h4-7,14H,3,8-9H2,1-2H3;1-2H3;1H4.